The molecular weight excluding hydrogens is 753 g/mol. The third-order valence-electron chi connectivity index (χ3n) is 11.5. The van der Waals surface area contributed by atoms with Crippen molar-refractivity contribution in [3.63, 3.8) is 0 Å². The molecule has 0 aliphatic carbocycles. The first-order chi connectivity index (χ1) is 29.2. The van der Waals surface area contributed by atoms with Crippen LogP contribution in [0.3, 0.4) is 0 Å². The first-order valence-corrected chi connectivity index (χ1v) is 20.3. The summed E-state index contributed by atoms with van der Waals surface area (Å²) in [6.07, 6.45) is 3.96. The number of nitrogens with one attached hydrogen (secondary N) is 1. The number of benzene rings is 5. The quantitative estimate of drug-likeness (QED) is 0.130. The van der Waals surface area contributed by atoms with Crippen LogP contribution in [0.5, 0.6) is 5.75 Å². The fraction of sp³-hybridized carbons (Fsp3) is 0.224. The second kappa shape index (κ2) is 17.5. The highest BCUT2D eigenvalue weighted by atomic mass is 16.3. The lowest BCUT2D eigenvalue weighted by atomic mass is 9.97. The predicted octanol–water partition coefficient (Wildman–Crippen LogP) is 6.47. The van der Waals surface area contributed by atoms with Crippen molar-refractivity contribution in [2.75, 3.05) is 19.6 Å². The van der Waals surface area contributed by atoms with Crippen molar-refractivity contribution in [1.29, 1.82) is 0 Å². The summed E-state index contributed by atoms with van der Waals surface area (Å²) in [6, 6.07) is 39.0. The minimum absolute atomic E-state index is 0.0657. The highest BCUT2D eigenvalue weighted by molar-refractivity contribution is 5.99. The Hall–Kier alpha value is -6.98. The van der Waals surface area contributed by atoms with Crippen LogP contribution in [-0.4, -0.2) is 85.0 Å². The fourth-order valence-electron chi connectivity index (χ4n) is 8.57. The van der Waals surface area contributed by atoms with Crippen molar-refractivity contribution >= 4 is 34.5 Å². The van der Waals surface area contributed by atoms with Gasteiger partial charge < -0.3 is 24.8 Å². The number of aromatic nitrogens is 1. The number of hydrogen-bond acceptors (Lipinski definition) is 6. The van der Waals surface area contributed by atoms with Gasteiger partial charge in [0.15, 0.2) is 0 Å². The number of hydrazine groups is 1. The van der Waals surface area contributed by atoms with E-state index in [1.807, 2.05) is 104 Å². The molecule has 11 heteroatoms. The lowest BCUT2D eigenvalue weighted by molar-refractivity contribution is -0.205. The van der Waals surface area contributed by atoms with Gasteiger partial charge in [0, 0.05) is 62.2 Å². The molecule has 2 aliphatic heterocycles. The molecule has 0 saturated carbocycles. The standard InChI is InChI=1S/C49H48N6O5/c1-3-27-53-33-46(58)54-43(28-35-17-24-40(56)25-18-35)49(60)52(32-44(54)55(53)45(57)26-19-34-11-6-4-7-12-34)30-39-15-10-16-41-42(31-51(2)47(39)41)37-20-22-38(23-21-37)48(59)50-29-36-13-8-5-9-14-36/h3-18,20-25,31,43-44,56H,1,19,26-30,32-33H2,2H3,(H,50,59)/t43-,44-/m0/s1. The van der Waals surface area contributed by atoms with E-state index in [2.05, 4.69) is 28.7 Å². The van der Waals surface area contributed by atoms with Crippen molar-refractivity contribution < 1.29 is 24.3 Å². The Labute approximate surface area is 349 Å². The Morgan fingerprint density at radius 1 is 0.833 bits per heavy atom. The van der Waals surface area contributed by atoms with E-state index < -0.39 is 12.2 Å². The molecule has 60 heavy (non-hydrogen) atoms. The highest BCUT2D eigenvalue weighted by Gasteiger charge is 2.51. The topological polar surface area (TPSA) is 118 Å². The van der Waals surface area contributed by atoms with E-state index in [0.717, 1.165) is 44.3 Å². The number of amides is 4. The average Bonchev–Trinajstić information content (AvgIpc) is 3.61. The van der Waals surface area contributed by atoms with E-state index in [4.69, 9.17) is 0 Å². The first-order valence-electron chi connectivity index (χ1n) is 20.3. The van der Waals surface area contributed by atoms with Crippen molar-refractivity contribution in [3.05, 3.63) is 174 Å². The van der Waals surface area contributed by atoms with E-state index in [0.29, 0.717) is 18.5 Å². The molecule has 2 N–H and O–H groups in total. The van der Waals surface area contributed by atoms with Crippen molar-refractivity contribution in [2.24, 2.45) is 7.05 Å². The summed E-state index contributed by atoms with van der Waals surface area (Å²) in [4.78, 5) is 59.6. The lowest BCUT2D eigenvalue weighted by Gasteiger charge is -2.55. The van der Waals surface area contributed by atoms with Gasteiger partial charge >= 0.3 is 0 Å². The monoisotopic (exact) mass is 800 g/mol. The van der Waals surface area contributed by atoms with Gasteiger partial charge in [-0.25, -0.2) is 10.0 Å². The van der Waals surface area contributed by atoms with Crippen molar-refractivity contribution in [1.82, 2.24) is 29.7 Å². The normalized spacial score (nSPS) is 16.9. The van der Waals surface area contributed by atoms with E-state index in [1.54, 1.807) is 50.2 Å². The Morgan fingerprint density at radius 3 is 2.23 bits per heavy atom. The zero-order valence-electron chi connectivity index (χ0n) is 33.6. The Bertz CT molecular complexity index is 2520. The molecule has 4 amide bonds. The summed E-state index contributed by atoms with van der Waals surface area (Å²) in [7, 11) is 1.98. The van der Waals surface area contributed by atoms with Gasteiger partial charge in [0.25, 0.3) is 5.91 Å². The second-order valence-electron chi connectivity index (χ2n) is 15.5. The summed E-state index contributed by atoms with van der Waals surface area (Å²) in [5, 5.41) is 17.4. The van der Waals surface area contributed by atoms with E-state index in [-0.39, 0.29) is 68.4 Å². The van der Waals surface area contributed by atoms with Gasteiger partial charge in [-0.1, -0.05) is 109 Å². The predicted molar refractivity (Wildman–Crippen MR) is 231 cm³/mol. The van der Waals surface area contributed by atoms with Crippen LogP contribution in [0.1, 0.15) is 39.0 Å². The van der Waals surface area contributed by atoms with Crippen LogP contribution in [0.25, 0.3) is 22.0 Å². The number of piperazine rings is 1. The van der Waals surface area contributed by atoms with Crippen LogP contribution < -0.4 is 5.32 Å². The lowest BCUT2D eigenvalue weighted by Crippen LogP contribution is -2.75. The van der Waals surface area contributed by atoms with Gasteiger partial charge in [-0.15, -0.1) is 6.58 Å². The fourth-order valence-corrected chi connectivity index (χ4v) is 8.57. The molecule has 0 spiro atoms. The maximum Gasteiger partial charge on any atom is 0.251 e. The van der Waals surface area contributed by atoms with Crippen LogP contribution >= 0.6 is 0 Å². The molecule has 11 nitrogen and oxygen atoms in total. The molecule has 304 valence electrons. The number of aryl methyl sites for hydroxylation is 2. The number of hydrogen-bond donors (Lipinski definition) is 2. The molecule has 0 bridgehead atoms. The molecule has 6 aromatic rings. The number of phenolic OH excluding ortho intramolecular Hbond substituents is 1. The highest BCUT2D eigenvalue weighted by Crippen LogP contribution is 2.35. The van der Waals surface area contributed by atoms with Gasteiger partial charge in [-0.2, -0.15) is 0 Å². The summed E-state index contributed by atoms with van der Waals surface area (Å²) in [6.45, 7) is 4.93. The smallest absolute Gasteiger partial charge is 0.251 e. The molecule has 2 aliphatic rings. The summed E-state index contributed by atoms with van der Waals surface area (Å²) >= 11 is 0. The summed E-state index contributed by atoms with van der Waals surface area (Å²) < 4.78 is 2.06. The number of rotatable bonds is 13. The number of fused-ring (bicyclic) bond motifs is 2. The Morgan fingerprint density at radius 2 is 1.53 bits per heavy atom. The molecule has 2 fully saturated rings. The number of phenols is 1. The van der Waals surface area contributed by atoms with Crippen molar-refractivity contribution in [2.45, 2.75) is 44.6 Å². The van der Waals surface area contributed by atoms with E-state index >= 15 is 0 Å². The van der Waals surface area contributed by atoms with Crippen LogP contribution in [0.15, 0.2) is 146 Å². The molecular formula is C49H48N6O5. The summed E-state index contributed by atoms with van der Waals surface area (Å²) in [5.74, 6) is -0.640. The number of carbonyl (C=O) groups excluding carboxylic acids is 4. The van der Waals surface area contributed by atoms with Crippen LogP contribution in [-0.2, 0) is 47.4 Å². The zero-order chi connectivity index (χ0) is 41.8. The maximum atomic E-state index is 14.8. The third-order valence-corrected chi connectivity index (χ3v) is 11.5. The van der Waals surface area contributed by atoms with Gasteiger partial charge in [0.2, 0.25) is 17.7 Å². The Balaban J connectivity index is 1.09. The Kier molecular flexibility index (Phi) is 11.6. The van der Waals surface area contributed by atoms with Gasteiger partial charge in [-0.3, -0.25) is 19.2 Å². The molecule has 1 aromatic heterocycles. The summed E-state index contributed by atoms with van der Waals surface area (Å²) in [5.41, 5.74) is 7.20. The molecule has 0 unspecified atom stereocenters. The number of para-hydroxylation sites is 1. The van der Waals surface area contributed by atoms with Crippen molar-refractivity contribution in [3.8, 4) is 16.9 Å². The number of carbonyl (C=O) groups is 4. The van der Waals surface area contributed by atoms with E-state index in [9.17, 15) is 24.3 Å². The minimum Gasteiger partial charge on any atom is -0.508 e. The SMILES string of the molecule is C=CCN1CC(=O)N2[C@@H](Cc3ccc(O)cc3)C(=O)N(Cc3cccc4c(-c5ccc(C(=O)NCc6ccccc6)cc5)cn(C)c34)C[C@@H]2N1C(=O)CCc1ccccc1. The van der Waals surface area contributed by atoms with Crippen LogP contribution in [0, 0.1) is 0 Å². The minimum atomic E-state index is -0.886. The first kappa shape index (κ1) is 39.8. The molecule has 8 rings (SSSR count). The van der Waals surface area contributed by atoms with Gasteiger partial charge in [0.05, 0.1) is 18.6 Å². The third kappa shape index (κ3) is 8.30. The van der Waals surface area contributed by atoms with Gasteiger partial charge in [-0.05, 0) is 58.5 Å². The number of aromatic hydroxyl groups is 1. The number of nitrogens with zero attached hydrogens (tertiary/aromatic N) is 5. The molecule has 3 heterocycles. The molecule has 0 radical (unpaired) electrons. The average molecular weight is 801 g/mol. The second-order valence-corrected chi connectivity index (χ2v) is 15.5. The van der Waals surface area contributed by atoms with Crippen LogP contribution in [0.2, 0.25) is 0 Å². The van der Waals surface area contributed by atoms with Gasteiger partial charge in [0.1, 0.15) is 18.0 Å². The van der Waals surface area contributed by atoms with Crippen LogP contribution in [0.4, 0.5) is 0 Å². The molecule has 2 saturated heterocycles. The zero-order valence-corrected chi connectivity index (χ0v) is 33.6. The van der Waals surface area contributed by atoms with E-state index in [1.165, 1.54) is 0 Å². The largest absolute Gasteiger partial charge is 0.508 e. The molecule has 5 aromatic carbocycles. The maximum absolute atomic E-state index is 14.8. The molecule has 2 atom stereocenters.